The highest BCUT2D eigenvalue weighted by Gasteiger charge is 2.15. The number of ether oxygens (including phenoxy) is 2. The van der Waals surface area contributed by atoms with Gasteiger partial charge in [-0.05, 0) is 49.1 Å². The van der Waals surface area contributed by atoms with Crippen molar-refractivity contribution in [2.45, 2.75) is 40.3 Å². The van der Waals surface area contributed by atoms with Gasteiger partial charge in [-0.3, -0.25) is 0 Å². The lowest BCUT2D eigenvalue weighted by molar-refractivity contribution is 0.279. The molecule has 0 aliphatic carbocycles. The van der Waals surface area contributed by atoms with Crippen LogP contribution in [0.1, 0.15) is 37.0 Å². The standard InChI is InChI=1S/C21H28BrNO2/c1-15(2)11-12-23-13-18-19(22)9-10-20(24-4)21(18)25-14-17-8-6-5-7-16(17)3/h5-10,15,23H,11-14H2,1-4H3. The molecule has 136 valence electrons. The Morgan fingerprint density at radius 1 is 1.12 bits per heavy atom. The predicted octanol–water partition coefficient (Wildman–Crippen LogP) is 5.48. The summed E-state index contributed by atoms with van der Waals surface area (Å²) in [5.74, 6) is 2.26. The Morgan fingerprint density at radius 2 is 1.88 bits per heavy atom. The normalized spacial score (nSPS) is 11.0. The molecule has 25 heavy (non-hydrogen) atoms. The van der Waals surface area contributed by atoms with Crippen LogP contribution in [0.25, 0.3) is 0 Å². The molecule has 2 rings (SSSR count). The van der Waals surface area contributed by atoms with Crippen LogP contribution in [0.5, 0.6) is 11.5 Å². The van der Waals surface area contributed by atoms with Gasteiger partial charge in [0.1, 0.15) is 6.61 Å². The maximum absolute atomic E-state index is 6.19. The first-order valence-corrected chi connectivity index (χ1v) is 9.55. The van der Waals surface area contributed by atoms with E-state index in [4.69, 9.17) is 9.47 Å². The molecular formula is C21H28BrNO2. The monoisotopic (exact) mass is 405 g/mol. The van der Waals surface area contributed by atoms with Crippen LogP contribution in [0.4, 0.5) is 0 Å². The van der Waals surface area contributed by atoms with Crippen molar-refractivity contribution in [2.24, 2.45) is 5.92 Å². The fourth-order valence-electron chi connectivity index (χ4n) is 2.59. The summed E-state index contributed by atoms with van der Waals surface area (Å²) in [6.07, 6.45) is 1.15. The predicted molar refractivity (Wildman–Crippen MR) is 107 cm³/mol. The molecule has 0 bridgehead atoms. The molecule has 4 heteroatoms. The highest BCUT2D eigenvalue weighted by molar-refractivity contribution is 9.10. The van der Waals surface area contributed by atoms with Crippen molar-refractivity contribution in [1.82, 2.24) is 5.32 Å². The third kappa shape index (κ3) is 5.75. The summed E-state index contributed by atoms with van der Waals surface area (Å²) in [6.45, 7) is 8.83. The van der Waals surface area contributed by atoms with Gasteiger partial charge in [-0.2, -0.15) is 0 Å². The van der Waals surface area contributed by atoms with Crippen LogP contribution in [0.3, 0.4) is 0 Å². The van der Waals surface area contributed by atoms with E-state index < -0.39 is 0 Å². The summed E-state index contributed by atoms with van der Waals surface area (Å²) in [6, 6.07) is 12.2. The first-order valence-electron chi connectivity index (χ1n) is 8.76. The molecule has 0 saturated heterocycles. The average molecular weight is 406 g/mol. The molecule has 0 atom stereocenters. The van der Waals surface area contributed by atoms with E-state index in [2.05, 4.69) is 54.2 Å². The van der Waals surface area contributed by atoms with Gasteiger partial charge in [0.05, 0.1) is 7.11 Å². The Balaban J connectivity index is 2.16. The van der Waals surface area contributed by atoms with Crippen molar-refractivity contribution in [1.29, 1.82) is 0 Å². The van der Waals surface area contributed by atoms with E-state index in [1.807, 2.05) is 24.3 Å². The lowest BCUT2D eigenvalue weighted by atomic mass is 10.1. The van der Waals surface area contributed by atoms with Gasteiger partial charge in [-0.15, -0.1) is 0 Å². The fourth-order valence-corrected chi connectivity index (χ4v) is 3.04. The minimum Gasteiger partial charge on any atom is -0.493 e. The summed E-state index contributed by atoms with van der Waals surface area (Å²) >= 11 is 3.66. The van der Waals surface area contributed by atoms with Crippen molar-refractivity contribution < 1.29 is 9.47 Å². The second-order valence-corrected chi connectivity index (χ2v) is 7.49. The molecule has 0 unspecified atom stereocenters. The Kier molecular flexibility index (Phi) is 7.79. The van der Waals surface area contributed by atoms with Gasteiger partial charge < -0.3 is 14.8 Å². The van der Waals surface area contributed by atoms with Crippen LogP contribution >= 0.6 is 15.9 Å². The molecular weight excluding hydrogens is 378 g/mol. The molecule has 0 amide bonds. The molecule has 0 aliphatic rings. The van der Waals surface area contributed by atoms with Gasteiger partial charge in [0.15, 0.2) is 11.5 Å². The van der Waals surface area contributed by atoms with Gasteiger partial charge in [0, 0.05) is 16.6 Å². The smallest absolute Gasteiger partial charge is 0.167 e. The second-order valence-electron chi connectivity index (χ2n) is 6.63. The number of hydrogen-bond acceptors (Lipinski definition) is 3. The van der Waals surface area contributed by atoms with Crippen LogP contribution in [0, 0.1) is 12.8 Å². The number of nitrogens with one attached hydrogen (secondary N) is 1. The first kappa shape index (κ1) is 19.8. The van der Waals surface area contributed by atoms with Crippen molar-refractivity contribution >= 4 is 15.9 Å². The number of benzene rings is 2. The molecule has 3 nitrogen and oxygen atoms in total. The number of rotatable bonds is 9. The van der Waals surface area contributed by atoms with Gasteiger partial charge in [-0.25, -0.2) is 0 Å². The number of methoxy groups -OCH3 is 1. The minimum atomic E-state index is 0.526. The van der Waals surface area contributed by atoms with Crippen LogP contribution in [0.15, 0.2) is 40.9 Å². The zero-order valence-corrected chi connectivity index (χ0v) is 17.2. The molecule has 0 fully saturated rings. The van der Waals surface area contributed by atoms with Crippen LogP contribution in [-0.4, -0.2) is 13.7 Å². The van der Waals surface area contributed by atoms with Crippen molar-refractivity contribution in [3.05, 3.63) is 57.6 Å². The summed E-state index contributed by atoms with van der Waals surface area (Å²) < 4.78 is 12.8. The van der Waals surface area contributed by atoms with E-state index in [0.29, 0.717) is 12.5 Å². The lowest BCUT2D eigenvalue weighted by Gasteiger charge is -2.18. The fraction of sp³-hybridized carbons (Fsp3) is 0.429. The van der Waals surface area contributed by atoms with E-state index in [1.165, 1.54) is 11.1 Å². The van der Waals surface area contributed by atoms with Crippen LogP contribution < -0.4 is 14.8 Å². The molecule has 0 aliphatic heterocycles. The van der Waals surface area contributed by atoms with Gasteiger partial charge >= 0.3 is 0 Å². The quantitative estimate of drug-likeness (QED) is 0.560. The summed E-state index contributed by atoms with van der Waals surface area (Å²) in [4.78, 5) is 0. The zero-order chi connectivity index (χ0) is 18.2. The number of aryl methyl sites for hydroxylation is 1. The third-order valence-electron chi connectivity index (χ3n) is 4.22. The third-order valence-corrected chi connectivity index (χ3v) is 4.96. The Hall–Kier alpha value is -1.52. The average Bonchev–Trinajstić information content (AvgIpc) is 2.59. The SMILES string of the molecule is COc1ccc(Br)c(CNCCC(C)C)c1OCc1ccccc1C. The Morgan fingerprint density at radius 3 is 2.56 bits per heavy atom. The number of hydrogen-bond donors (Lipinski definition) is 1. The summed E-state index contributed by atoms with van der Waals surface area (Å²) in [7, 11) is 1.68. The van der Waals surface area contributed by atoms with E-state index in [0.717, 1.165) is 41.0 Å². The molecule has 0 heterocycles. The van der Waals surface area contributed by atoms with E-state index in [1.54, 1.807) is 7.11 Å². The second kappa shape index (κ2) is 9.83. The van der Waals surface area contributed by atoms with Gasteiger partial charge in [-0.1, -0.05) is 54.0 Å². The van der Waals surface area contributed by atoms with E-state index >= 15 is 0 Å². The molecule has 0 radical (unpaired) electrons. The first-order chi connectivity index (χ1) is 12.0. The highest BCUT2D eigenvalue weighted by atomic mass is 79.9. The lowest BCUT2D eigenvalue weighted by Crippen LogP contribution is -2.17. The summed E-state index contributed by atoms with van der Waals surface area (Å²) in [5, 5.41) is 3.51. The topological polar surface area (TPSA) is 30.5 Å². The van der Waals surface area contributed by atoms with Crippen LogP contribution in [-0.2, 0) is 13.2 Å². The maximum atomic E-state index is 6.19. The largest absolute Gasteiger partial charge is 0.493 e. The van der Waals surface area contributed by atoms with E-state index in [-0.39, 0.29) is 0 Å². The van der Waals surface area contributed by atoms with E-state index in [9.17, 15) is 0 Å². The van der Waals surface area contributed by atoms with Gasteiger partial charge in [0.25, 0.3) is 0 Å². The molecule has 2 aromatic carbocycles. The molecule has 0 aromatic heterocycles. The Bertz CT molecular complexity index is 686. The molecule has 2 aromatic rings. The Labute approximate surface area is 159 Å². The summed E-state index contributed by atoms with van der Waals surface area (Å²) in [5.41, 5.74) is 3.51. The van der Waals surface area contributed by atoms with Gasteiger partial charge in [0.2, 0.25) is 0 Å². The maximum Gasteiger partial charge on any atom is 0.167 e. The number of halogens is 1. The van der Waals surface area contributed by atoms with Crippen molar-refractivity contribution in [3.8, 4) is 11.5 Å². The minimum absolute atomic E-state index is 0.526. The zero-order valence-electron chi connectivity index (χ0n) is 15.6. The molecule has 0 spiro atoms. The highest BCUT2D eigenvalue weighted by Crippen LogP contribution is 2.37. The molecule has 0 saturated carbocycles. The van der Waals surface area contributed by atoms with Crippen molar-refractivity contribution in [3.63, 3.8) is 0 Å². The van der Waals surface area contributed by atoms with Crippen LogP contribution in [0.2, 0.25) is 0 Å². The molecule has 1 N–H and O–H groups in total. The van der Waals surface area contributed by atoms with Crippen molar-refractivity contribution in [2.75, 3.05) is 13.7 Å².